The second kappa shape index (κ2) is 28.2. The monoisotopic (exact) mass is 988 g/mol. The van der Waals surface area contributed by atoms with E-state index < -0.39 is 71.8 Å². The van der Waals surface area contributed by atoms with E-state index >= 15 is 0 Å². The minimum atomic E-state index is -1.19. The smallest absolute Gasteiger partial charge is 0.326 e. The van der Waals surface area contributed by atoms with Crippen LogP contribution in [0.15, 0.2) is 77.0 Å². The van der Waals surface area contributed by atoms with Crippen LogP contribution in [-0.4, -0.2) is 130 Å². The molecule has 70 heavy (non-hydrogen) atoms. The van der Waals surface area contributed by atoms with Crippen molar-refractivity contribution in [3.05, 3.63) is 83.4 Å². The molecule has 21 heteroatoms. The molecule has 0 unspecified atom stereocenters. The number of carbonyl (C=O) groups excluding carboxylic acids is 6. The van der Waals surface area contributed by atoms with Crippen LogP contribution in [0.1, 0.15) is 87.2 Å². The third-order valence-corrected chi connectivity index (χ3v) is 12.6. The maximum absolute atomic E-state index is 14.2. The van der Waals surface area contributed by atoms with Crippen molar-refractivity contribution < 1.29 is 48.9 Å². The second-order valence-corrected chi connectivity index (χ2v) is 18.4. The predicted octanol–water partition coefficient (Wildman–Crippen LogP) is 3.32. The molecule has 0 bridgehead atoms. The van der Waals surface area contributed by atoms with Crippen LogP contribution in [0, 0.1) is 5.92 Å². The van der Waals surface area contributed by atoms with E-state index in [2.05, 4.69) is 36.8 Å². The Balaban J connectivity index is 1.41. The van der Waals surface area contributed by atoms with Crippen LogP contribution in [-0.2, 0) is 41.6 Å². The lowest BCUT2D eigenvalue weighted by atomic mass is 9.97. The summed E-state index contributed by atoms with van der Waals surface area (Å²) in [4.78, 5) is 93.7. The molecule has 4 rings (SSSR count). The Kier molecular flexibility index (Phi) is 22.5. The maximum atomic E-state index is 14.2. The predicted molar refractivity (Wildman–Crippen MR) is 266 cm³/mol. The number of carboxylic acid groups (broad SMARTS) is 1. The van der Waals surface area contributed by atoms with E-state index in [1.165, 1.54) is 66.1 Å². The van der Waals surface area contributed by atoms with Gasteiger partial charge in [-0.05, 0) is 136 Å². The molecule has 0 saturated carbocycles. The fraction of sp³-hybridized carbons (Fsp3) is 0.490. The number of phenolic OH excluding ortho intramolecular Hbond substituents is 2. The number of azo groups is 1. The Hall–Kier alpha value is -6.58. The average molecular weight is 989 g/mol. The Morgan fingerprint density at radius 2 is 1.51 bits per heavy atom. The lowest BCUT2D eigenvalue weighted by molar-refractivity contribution is -0.144. The van der Waals surface area contributed by atoms with Crippen molar-refractivity contribution >= 4 is 64.5 Å². The number of likely N-dealkylation sites (tertiary alicyclic amines) is 1. The van der Waals surface area contributed by atoms with Gasteiger partial charge in [0.2, 0.25) is 29.5 Å². The van der Waals surface area contributed by atoms with Gasteiger partial charge in [-0.25, -0.2) is 4.79 Å². The van der Waals surface area contributed by atoms with Crippen LogP contribution >= 0.6 is 11.8 Å². The number of amides is 6. The maximum Gasteiger partial charge on any atom is 0.326 e. The summed E-state index contributed by atoms with van der Waals surface area (Å²) in [5.41, 5.74) is 13.3. The minimum absolute atomic E-state index is 0.0164. The molecule has 1 saturated heterocycles. The fourth-order valence-electron chi connectivity index (χ4n) is 7.63. The molecule has 3 aromatic carbocycles. The van der Waals surface area contributed by atoms with Crippen molar-refractivity contribution in [3.8, 4) is 11.5 Å². The number of benzene rings is 3. The third kappa shape index (κ3) is 17.1. The number of hydrogen-bond donors (Lipinski definition) is 10. The van der Waals surface area contributed by atoms with Crippen LogP contribution < -0.4 is 38.1 Å². The van der Waals surface area contributed by atoms with Gasteiger partial charge in [0, 0.05) is 25.1 Å². The van der Waals surface area contributed by atoms with Crippen LogP contribution in [0.5, 0.6) is 11.5 Å². The number of nitrogens with two attached hydrogens (primary N) is 2. The van der Waals surface area contributed by atoms with E-state index in [0.29, 0.717) is 68.5 Å². The summed E-state index contributed by atoms with van der Waals surface area (Å²) in [6.07, 6.45) is 5.32. The number of thioether (sulfide) groups is 1. The van der Waals surface area contributed by atoms with E-state index in [1.807, 2.05) is 20.1 Å². The van der Waals surface area contributed by atoms with Gasteiger partial charge in [0.25, 0.3) is 5.91 Å². The van der Waals surface area contributed by atoms with Crippen molar-refractivity contribution in [1.29, 1.82) is 0 Å². The first-order chi connectivity index (χ1) is 33.4. The van der Waals surface area contributed by atoms with Crippen molar-refractivity contribution in [2.24, 2.45) is 27.6 Å². The van der Waals surface area contributed by atoms with Gasteiger partial charge < -0.3 is 58.3 Å². The fourth-order valence-corrected chi connectivity index (χ4v) is 8.10. The highest BCUT2D eigenvalue weighted by molar-refractivity contribution is 7.98. The number of aliphatic carboxylic acids is 1. The Bertz CT molecular complexity index is 2280. The zero-order valence-corrected chi connectivity index (χ0v) is 41.0. The molecule has 12 N–H and O–H groups in total. The standard InChI is InChI=1S/C49H68N10O10S/c1-5-29(2)42(56-43(62)30(3)51)47(66)53-36(22-26-70-4)45(64)52-24-21-32-13-20-41(61)38(27-32)58-57-34-16-14-33(15-17-34)44(63)55-39(28-31-11-18-35(60)19-12-31)48(67)59-25-8-10-40(59)46(65)54-37(49(68)69)9-6-7-23-50/h11-20,27,29-30,36-37,39-40,42,60-61H,5-10,21-26,28,50-51H2,1-4H3,(H,52,64)(H,53,66)(H,54,65)(H,55,63)(H,56,62)(H,68,69)/t29-,30-,36-,37-,39-,40-,42-/m0/s1. The lowest BCUT2D eigenvalue weighted by Crippen LogP contribution is -2.57. The summed E-state index contributed by atoms with van der Waals surface area (Å²) >= 11 is 1.53. The van der Waals surface area contributed by atoms with Crippen molar-refractivity contribution in [2.45, 2.75) is 115 Å². The zero-order valence-electron chi connectivity index (χ0n) is 40.2. The number of carboxylic acids is 1. The minimum Gasteiger partial charge on any atom is -0.508 e. The summed E-state index contributed by atoms with van der Waals surface area (Å²) in [6.45, 7) is 6.06. The number of carbonyl (C=O) groups is 7. The number of nitrogens with zero attached hydrogens (tertiary/aromatic N) is 3. The van der Waals surface area contributed by atoms with E-state index in [-0.39, 0.29) is 60.5 Å². The number of phenols is 2. The third-order valence-electron chi connectivity index (χ3n) is 12.0. The van der Waals surface area contributed by atoms with Crippen LogP contribution in [0.25, 0.3) is 0 Å². The first kappa shape index (κ1) is 56.0. The molecule has 6 amide bonds. The molecule has 0 radical (unpaired) electrons. The SMILES string of the molecule is CC[C@H](C)[C@H](NC(=O)[C@H](C)N)C(=O)N[C@@H](CCSC)C(=O)NCCc1ccc(O)c(N=Nc2ccc(C(=O)N[C@@H](Cc3ccc(O)cc3)C(=O)N3CCC[C@H]3C(=O)N[C@@H](CCCCN)C(=O)O)cc2)c1. The Morgan fingerprint density at radius 1 is 0.814 bits per heavy atom. The molecular weight excluding hydrogens is 921 g/mol. The van der Waals surface area contributed by atoms with Gasteiger partial charge in [-0.1, -0.05) is 38.5 Å². The molecule has 7 atom stereocenters. The summed E-state index contributed by atoms with van der Waals surface area (Å²) in [5, 5.41) is 52.4. The van der Waals surface area contributed by atoms with Gasteiger partial charge in [0.05, 0.1) is 11.7 Å². The largest absolute Gasteiger partial charge is 0.508 e. The normalized spacial score (nSPS) is 16.0. The number of aromatic hydroxyl groups is 2. The Morgan fingerprint density at radius 3 is 2.16 bits per heavy atom. The van der Waals surface area contributed by atoms with Gasteiger partial charge in [0.1, 0.15) is 47.4 Å². The van der Waals surface area contributed by atoms with Gasteiger partial charge in [0.15, 0.2) is 0 Å². The van der Waals surface area contributed by atoms with E-state index in [1.54, 1.807) is 24.3 Å². The highest BCUT2D eigenvalue weighted by atomic mass is 32.2. The molecule has 0 spiro atoms. The number of rotatable bonds is 27. The van der Waals surface area contributed by atoms with E-state index in [0.717, 1.165) is 5.56 Å². The molecule has 3 aromatic rings. The highest BCUT2D eigenvalue weighted by Gasteiger charge is 2.39. The number of nitrogens with one attached hydrogen (secondary N) is 5. The lowest BCUT2D eigenvalue weighted by Gasteiger charge is -2.29. The second-order valence-electron chi connectivity index (χ2n) is 17.4. The first-order valence-corrected chi connectivity index (χ1v) is 24.9. The summed E-state index contributed by atoms with van der Waals surface area (Å²) in [5.74, 6) is -3.97. The topological polar surface area (TPSA) is 320 Å². The highest BCUT2D eigenvalue weighted by Crippen LogP contribution is 2.30. The molecule has 0 aliphatic carbocycles. The molecule has 380 valence electrons. The molecule has 1 aliphatic rings. The summed E-state index contributed by atoms with van der Waals surface area (Å²) in [6, 6.07) is 11.2. The van der Waals surface area contributed by atoms with Gasteiger partial charge in [-0.15, -0.1) is 5.11 Å². The van der Waals surface area contributed by atoms with E-state index in [9.17, 15) is 48.9 Å². The van der Waals surface area contributed by atoms with Crippen molar-refractivity contribution in [2.75, 3.05) is 31.6 Å². The molecule has 1 fully saturated rings. The molecule has 0 aromatic heterocycles. The quantitative estimate of drug-likeness (QED) is 0.0388. The van der Waals surface area contributed by atoms with E-state index in [4.69, 9.17) is 11.5 Å². The van der Waals surface area contributed by atoms with Crippen molar-refractivity contribution in [3.63, 3.8) is 0 Å². The van der Waals surface area contributed by atoms with Gasteiger partial charge in [-0.2, -0.15) is 16.9 Å². The summed E-state index contributed by atoms with van der Waals surface area (Å²) < 4.78 is 0. The van der Waals surface area contributed by atoms with Crippen LogP contribution in [0.2, 0.25) is 0 Å². The van der Waals surface area contributed by atoms with Crippen LogP contribution in [0.4, 0.5) is 11.4 Å². The van der Waals surface area contributed by atoms with Gasteiger partial charge in [-0.3, -0.25) is 28.8 Å². The first-order valence-electron chi connectivity index (χ1n) is 23.5. The Labute approximate surface area is 412 Å². The number of unbranched alkanes of at least 4 members (excludes halogenated alkanes) is 1. The molecule has 20 nitrogen and oxygen atoms in total. The summed E-state index contributed by atoms with van der Waals surface area (Å²) in [7, 11) is 0. The molecule has 1 aliphatic heterocycles. The van der Waals surface area contributed by atoms with Crippen LogP contribution in [0.3, 0.4) is 0 Å². The molecule has 1 heterocycles. The molecular formula is C49H68N10O10S. The van der Waals surface area contributed by atoms with Gasteiger partial charge >= 0.3 is 5.97 Å². The van der Waals surface area contributed by atoms with Crippen molar-refractivity contribution in [1.82, 2.24) is 31.5 Å². The zero-order chi connectivity index (χ0) is 51.3. The number of hydrogen-bond acceptors (Lipinski definition) is 14. The average Bonchev–Trinajstić information content (AvgIpc) is 3.84.